The zero-order chi connectivity index (χ0) is 14.8. The van der Waals surface area contributed by atoms with Gasteiger partial charge in [-0.3, -0.25) is 4.79 Å². The van der Waals surface area contributed by atoms with Gasteiger partial charge in [0, 0.05) is 19.7 Å². The van der Waals surface area contributed by atoms with Crippen LogP contribution in [-0.4, -0.2) is 58.2 Å². The SMILES string of the molecule is CSC1(C(N)=NO)CCN(C(=O)C2(C)CCCO2)CC1. The van der Waals surface area contributed by atoms with Crippen molar-refractivity contribution in [3.63, 3.8) is 0 Å². The average Bonchev–Trinajstić information content (AvgIpc) is 2.93. The second-order valence-electron chi connectivity index (χ2n) is 5.66. The average molecular weight is 301 g/mol. The van der Waals surface area contributed by atoms with Gasteiger partial charge < -0.3 is 20.6 Å². The molecular formula is C13H23N3O3S. The molecule has 2 heterocycles. The largest absolute Gasteiger partial charge is 0.409 e. The molecule has 0 bridgehead atoms. The van der Waals surface area contributed by atoms with Crippen LogP contribution in [-0.2, 0) is 9.53 Å². The van der Waals surface area contributed by atoms with Crippen LogP contribution < -0.4 is 5.73 Å². The molecule has 7 heteroatoms. The van der Waals surface area contributed by atoms with E-state index in [0.717, 1.165) is 12.8 Å². The number of piperidine rings is 1. The van der Waals surface area contributed by atoms with E-state index in [9.17, 15) is 4.79 Å². The Morgan fingerprint density at radius 3 is 2.50 bits per heavy atom. The minimum Gasteiger partial charge on any atom is -0.409 e. The third kappa shape index (κ3) is 2.61. The van der Waals surface area contributed by atoms with Gasteiger partial charge in [0.1, 0.15) is 5.60 Å². The number of carbonyl (C=O) groups is 1. The molecule has 2 fully saturated rings. The van der Waals surface area contributed by atoms with Crippen molar-refractivity contribution in [2.45, 2.75) is 43.0 Å². The molecule has 3 N–H and O–H groups in total. The third-order valence-electron chi connectivity index (χ3n) is 4.49. The molecule has 0 saturated carbocycles. The predicted octanol–water partition coefficient (Wildman–Crippen LogP) is 1.03. The number of amidine groups is 1. The lowest BCUT2D eigenvalue weighted by Crippen LogP contribution is -2.55. The van der Waals surface area contributed by atoms with Crippen molar-refractivity contribution in [1.29, 1.82) is 0 Å². The Hall–Kier alpha value is -0.950. The van der Waals surface area contributed by atoms with E-state index in [1.54, 1.807) is 11.8 Å². The number of carbonyl (C=O) groups excluding carboxylic acids is 1. The van der Waals surface area contributed by atoms with Crippen molar-refractivity contribution in [2.75, 3.05) is 26.0 Å². The predicted molar refractivity (Wildman–Crippen MR) is 79.1 cm³/mol. The van der Waals surface area contributed by atoms with Gasteiger partial charge in [-0.1, -0.05) is 5.16 Å². The van der Waals surface area contributed by atoms with Crippen LogP contribution in [0.1, 0.15) is 32.6 Å². The molecule has 2 aliphatic rings. The Kier molecular flexibility index (Phi) is 4.49. The lowest BCUT2D eigenvalue weighted by Gasteiger charge is -2.41. The van der Waals surface area contributed by atoms with Crippen molar-refractivity contribution in [1.82, 2.24) is 4.90 Å². The molecule has 114 valence electrons. The maximum atomic E-state index is 12.5. The number of nitrogens with zero attached hydrogens (tertiary/aromatic N) is 2. The molecule has 0 spiro atoms. The van der Waals surface area contributed by atoms with Gasteiger partial charge in [-0.2, -0.15) is 11.8 Å². The van der Waals surface area contributed by atoms with Crippen LogP contribution in [0.15, 0.2) is 5.16 Å². The number of rotatable bonds is 3. The van der Waals surface area contributed by atoms with Gasteiger partial charge in [-0.15, -0.1) is 0 Å². The van der Waals surface area contributed by atoms with Crippen molar-refractivity contribution >= 4 is 23.5 Å². The Labute approximate surface area is 123 Å². The highest BCUT2D eigenvalue weighted by Gasteiger charge is 2.45. The molecular weight excluding hydrogens is 278 g/mol. The third-order valence-corrected chi connectivity index (χ3v) is 5.89. The molecule has 0 aromatic carbocycles. The van der Waals surface area contributed by atoms with Gasteiger partial charge in [-0.25, -0.2) is 0 Å². The van der Waals surface area contributed by atoms with E-state index >= 15 is 0 Å². The second-order valence-corrected chi connectivity index (χ2v) is 6.85. The quantitative estimate of drug-likeness (QED) is 0.352. The summed E-state index contributed by atoms with van der Waals surface area (Å²) in [5.74, 6) is 0.324. The molecule has 2 aliphatic heterocycles. The topological polar surface area (TPSA) is 88.2 Å². The summed E-state index contributed by atoms with van der Waals surface area (Å²) >= 11 is 1.59. The van der Waals surface area contributed by atoms with Crippen LogP contribution in [0.3, 0.4) is 0 Å². The fourth-order valence-electron chi connectivity index (χ4n) is 3.01. The monoisotopic (exact) mass is 301 g/mol. The summed E-state index contributed by atoms with van der Waals surface area (Å²) in [7, 11) is 0. The van der Waals surface area contributed by atoms with E-state index in [1.807, 2.05) is 18.1 Å². The standard InChI is InChI=1S/C13H23N3O3S/c1-12(4-3-9-19-12)11(17)16-7-5-13(20-2,6-8-16)10(14)15-18/h18H,3-9H2,1-2H3,(H2,14,15). The molecule has 0 aromatic heterocycles. The Morgan fingerprint density at radius 2 is 2.05 bits per heavy atom. The lowest BCUT2D eigenvalue weighted by molar-refractivity contribution is -0.152. The molecule has 2 saturated heterocycles. The summed E-state index contributed by atoms with van der Waals surface area (Å²) in [4.78, 5) is 14.4. The van der Waals surface area contributed by atoms with Crippen LogP contribution in [0.5, 0.6) is 0 Å². The van der Waals surface area contributed by atoms with Gasteiger partial charge >= 0.3 is 0 Å². The number of nitrogens with two attached hydrogens (primary N) is 1. The van der Waals surface area contributed by atoms with Crippen molar-refractivity contribution in [3.05, 3.63) is 0 Å². The minimum atomic E-state index is -0.657. The number of oxime groups is 1. The molecule has 0 aliphatic carbocycles. The van der Waals surface area contributed by atoms with Gasteiger partial charge in [0.05, 0.1) is 4.75 Å². The van der Waals surface area contributed by atoms with Crippen molar-refractivity contribution in [3.8, 4) is 0 Å². The maximum absolute atomic E-state index is 12.5. The summed E-state index contributed by atoms with van der Waals surface area (Å²) < 4.78 is 5.26. The maximum Gasteiger partial charge on any atom is 0.254 e. The first-order chi connectivity index (χ1) is 9.47. The van der Waals surface area contributed by atoms with Crippen LogP contribution >= 0.6 is 11.8 Å². The normalized spacial score (nSPS) is 30.5. The highest BCUT2D eigenvalue weighted by Crippen LogP contribution is 2.36. The van der Waals surface area contributed by atoms with E-state index < -0.39 is 5.60 Å². The van der Waals surface area contributed by atoms with Gasteiger partial charge in [0.2, 0.25) is 0 Å². The first-order valence-electron chi connectivity index (χ1n) is 6.94. The molecule has 1 unspecified atom stereocenters. The molecule has 1 amide bonds. The smallest absolute Gasteiger partial charge is 0.254 e. The highest BCUT2D eigenvalue weighted by molar-refractivity contribution is 8.00. The van der Waals surface area contributed by atoms with Gasteiger partial charge in [0.25, 0.3) is 5.91 Å². The number of amides is 1. The first-order valence-corrected chi connectivity index (χ1v) is 8.16. The summed E-state index contributed by atoms with van der Waals surface area (Å²) in [6, 6.07) is 0. The van der Waals surface area contributed by atoms with Crippen molar-refractivity contribution in [2.24, 2.45) is 10.9 Å². The van der Waals surface area contributed by atoms with Crippen molar-refractivity contribution < 1.29 is 14.7 Å². The number of hydrogen-bond acceptors (Lipinski definition) is 5. The van der Waals surface area contributed by atoms with E-state index in [1.165, 1.54) is 0 Å². The van der Waals surface area contributed by atoms with Crippen LogP contribution in [0.2, 0.25) is 0 Å². The second kappa shape index (κ2) is 5.81. The van der Waals surface area contributed by atoms with E-state index in [-0.39, 0.29) is 16.5 Å². The summed E-state index contributed by atoms with van der Waals surface area (Å²) in [6.45, 7) is 3.78. The molecule has 6 nitrogen and oxygen atoms in total. The van der Waals surface area contributed by atoms with E-state index in [4.69, 9.17) is 15.7 Å². The van der Waals surface area contributed by atoms with E-state index in [0.29, 0.717) is 32.5 Å². The number of hydrogen-bond donors (Lipinski definition) is 2. The minimum absolute atomic E-state index is 0.0733. The zero-order valence-electron chi connectivity index (χ0n) is 12.1. The summed E-state index contributed by atoms with van der Waals surface area (Å²) in [5, 5.41) is 12.1. The molecule has 0 radical (unpaired) electrons. The lowest BCUT2D eigenvalue weighted by atomic mass is 9.92. The molecule has 2 rings (SSSR count). The molecule has 0 aromatic rings. The Morgan fingerprint density at radius 1 is 1.40 bits per heavy atom. The summed E-state index contributed by atoms with van der Waals surface area (Å²) in [6.07, 6.45) is 5.08. The number of ether oxygens (including phenoxy) is 1. The van der Waals surface area contributed by atoms with Crippen LogP contribution in [0.25, 0.3) is 0 Å². The number of thioether (sulfide) groups is 1. The van der Waals surface area contributed by atoms with E-state index in [2.05, 4.69) is 5.16 Å². The Balaban J connectivity index is 2.02. The molecule has 1 atom stereocenters. The fraction of sp³-hybridized carbons (Fsp3) is 0.846. The van der Waals surface area contributed by atoms with Crippen LogP contribution in [0.4, 0.5) is 0 Å². The molecule has 20 heavy (non-hydrogen) atoms. The zero-order valence-corrected chi connectivity index (χ0v) is 12.9. The number of likely N-dealkylation sites (tertiary alicyclic amines) is 1. The Bertz CT molecular complexity index is 400. The first kappa shape index (κ1) is 15.4. The van der Waals surface area contributed by atoms with Crippen LogP contribution in [0, 0.1) is 0 Å². The highest BCUT2D eigenvalue weighted by atomic mass is 32.2. The van der Waals surface area contributed by atoms with Gasteiger partial charge in [-0.05, 0) is 38.9 Å². The fourth-order valence-corrected chi connectivity index (χ4v) is 3.85. The van der Waals surface area contributed by atoms with Gasteiger partial charge in [0.15, 0.2) is 5.84 Å². The summed E-state index contributed by atoms with van der Waals surface area (Å²) in [5.41, 5.74) is 5.16.